The molecule has 0 aromatic carbocycles. The first-order valence-corrected chi connectivity index (χ1v) is 4.61. The van der Waals surface area contributed by atoms with Crippen molar-refractivity contribution < 1.29 is 0 Å². The quantitative estimate of drug-likeness (QED) is 0.572. The lowest BCUT2D eigenvalue weighted by atomic mass is 9.99. The lowest BCUT2D eigenvalue weighted by Crippen LogP contribution is -2.51. The molecule has 10 heavy (non-hydrogen) atoms. The SMILES string of the molecule is CCC(C)N1CC(CCl)C1. The van der Waals surface area contributed by atoms with Crippen molar-refractivity contribution in [3.63, 3.8) is 0 Å². The van der Waals surface area contributed by atoms with Crippen molar-refractivity contribution in [2.45, 2.75) is 26.3 Å². The topological polar surface area (TPSA) is 3.24 Å². The van der Waals surface area contributed by atoms with E-state index in [-0.39, 0.29) is 0 Å². The zero-order chi connectivity index (χ0) is 7.56. The van der Waals surface area contributed by atoms with Gasteiger partial charge in [0, 0.05) is 25.0 Å². The van der Waals surface area contributed by atoms with Gasteiger partial charge in [-0.05, 0) is 19.3 Å². The van der Waals surface area contributed by atoms with Crippen molar-refractivity contribution in [2.75, 3.05) is 19.0 Å². The van der Waals surface area contributed by atoms with Gasteiger partial charge in [0.2, 0.25) is 0 Å². The fourth-order valence-corrected chi connectivity index (χ4v) is 1.52. The number of likely N-dealkylation sites (tertiary alicyclic amines) is 1. The maximum atomic E-state index is 5.69. The number of nitrogens with zero attached hydrogens (tertiary/aromatic N) is 1. The summed E-state index contributed by atoms with van der Waals surface area (Å²) < 4.78 is 0. The molecule has 2 heteroatoms. The Hall–Kier alpha value is 0.250. The molecule has 0 spiro atoms. The Morgan fingerprint density at radius 1 is 1.60 bits per heavy atom. The van der Waals surface area contributed by atoms with E-state index in [9.17, 15) is 0 Å². The molecule has 1 aliphatic heterocycles. The van der Waals surface area contributed by atoms with Crippen LogP contribution in [-0.4, -0.2) is 29.9 Å². The van der Waals surface area contributed by atoms with Gasteiger partial charge in [0.05, 0.1) is 0 Å². The van der Waals surface area contributed by atoms with Crippen LogP contribution in [0.5, 0.6) is 0 Å². The van der Waals surface area contributed by atoms with E-state index in [0.717, 1.165) is 17.8 Å². The summed E-state index contributed by atoms with van der Waals surface area (Å²) in [6, 6.07) is 0.763. The van der Waals surface area contributed by atoms with Crippen molar-refractivity contribution >= 4 is 11.6 Å². The van der Waals surface area contributed by atoms with Crippen LogP contribution < -0.4 is 0 Å². The molecule has 0 bridgehead atoms. The average molecular weight is 162 g/mol. The second-order valence-corrected chi connectivity index (χ2v) is 3.54. The zero-order valence-corrected chi connectivity index (χ0v) is 7.56. The summed E-state index contributed by atoms with van der Waals surface area (Å²) in [7, 11) is 0. The maximum Gasteiger partial charge on any atom is 0.0276 e. The van der Waals surface area contributed by atoms with E-state index >= 15 is 0 Å². The van der Waals surface area contributed by atoms with E-state index in [1.54, 1.807) is 0 Å². The predicted molar refractivity (Wildman–Crippen MR) is 45.5 cm³/mol. The fourth-order valence-electron chi connectivity index (χ4n) is 1.33. The Balaban J connectivity index is 2.13. The molecule has 1 aliphatic rings. The van der Waals surface area contributed by atoms with E-state index < -0.39 is 0 Å². The maximum absolute atomic E-state index is 5.69. The van der Waals surface area contributed by atoms with Crippen LogP contribution in [0.4, 0.5) is 0 Å². The third-order valence-electron chi connectivity index (χ3n) is 2.42. The number of hydrogen-bond acceptors (Lipinski definition) is 1. The molecule has 0 amide bonds. The molecule has 1 rings (SSSR count). The van der Waals surface area contributed by atoms with Crippen LogP contribution in [0.25, 0.3) is 0 Å². The van der Waals surface area contributed by atoms with Crippen LogP contribution in [0.1, 0.15) is 20.3 Å². The first-order chi connectivity index (χ1) is 4.77. The first kappa shape index (κ1) is 8.35. The smallest absolute Gasteiger partial charge is 0.0276 e. The molecule has 0 saturated carbocycles. The van der Waals surface area contributed by atoms with Gasteiger partial charge in [0.15, 0.2) is 0 Å². The molecule has 0 aromatic rings. The van der Waals surface area contributed by atoms with Crippen LogP contribution in [0, 0.1) is 5.92 Å². The third-order valence-corrected chi connectivity index (χ3v) is 2.85. The molecule has 60 valence electrons. The largest absolute Gasteiger partial charge is 0.300 e. The second kappa shape index (κ2) is 3.59. The van der Waals surface area contributed by atoms with Gasteiger partial charge in [-0.3, -0.25) is 4.90 Å². The van der Waals surface area contributed by atoms with Crippen molar-refractivity contribution in [3.8, 4) is 0 Å². The number of alkyl halides is 1. The molecular formula is C8H16ClN. The van der Waals surface area contributed by atoms with E-state index in [1.807, 2.05) is 0 Å². The molecule has 1 heterocycles. The average Bonchev–Trinajstić information content (AvgIpc) is 1.85. The number of hydrogen-bond donors (Lipinski definition) is 0. The van der Waals surface area contributed by atoms with Gasteiger partial charge in [0.25, 0.3) is 0 Å². The lowest BCUT2D eigenvalue weighted by molar-refractivity contribution is 0.0706. The van der Waals surface area contributed by atoms with Gasteiger partial charge in [-0.2, -0.15) is 0 Å². The van der Waals surface area contributed by atoms with Crippen LogP contribution in [0.15, 0.2) is 0 Å². The molecule has 0 aromatic heterocycles. The van der Waals surface area contributed by atoms with E-state index in [4.69, 9.17) is 11.6 Å². The molecule has 1 saturated heterocycles. The van der Waals surface area contributed by atoms with E-state index in [1.165, 1.54) is 19.5 Å². The third kappa shape index (κ3) is 1.64. The van der Waals surface area contributed by atoms with Crippen LogP contribution in [0.2, 0.25) is 0 Å². The Kier molecular flexibility index (Phi) is 2.99. The Morgan fingerprint density at radius 2 is 2.20 bits per heavy atom. The number of halogens is 1. The fraction of sp³-hybridized carbons (Fsp3) is 1.00. The molecule has 1 fully saturated rings. The number of rotatable bonds is 3. The normalized spacial score (nSPS) is 24.3. The predicted octanol–water partition coefficient (Wildman–Crippen LogP) is 1.96. The summed E-state index contributed by atoms with van der Waals surface area (Å²) in [6.07, 6.45) is 1.26. The van der Waals surface area contributed by atoms with Gasteiger partial charge >= 0.3 is 0 Å². The molecule has 0 radical (unpaired) electrons. The minimum absolute atomic E-state index is 0.763. The Morgan fingerprint density at radius 3 is 2.60 bits per heavy atom. The standard InChI is InChI=1S/C8H16ClN/c1-3-7(2)10-5-8(4-9)6-10/h7-8H,3-6H2,1-2H3. The summed E-state index contributed by atoms with van der Waals surface area (Å²) in [5.74, 6) is 1.61. The van der Waals surface area contributed by atoms with Crippen molar-refractivity contribution in [3.05, 3.63) is 0 Å². The molecule has 1 unspecified atom stereocenters. The summed E-state index contributed by atoms with van der Waals surface area (Å²) >= 11 is 5.69. The Bertz CT molecular complexity index is 99.4. The van der Waals surface area contributed by atoms with E-state index in [2.05, 4.69) is 18.7 Å². The second-order valence-electron chi connectivity index (χ2n) is 3.23. The van der Waals surface area contributed by atoms with Crippen LogP contribution in [-0.2, 0) is 0 Å². The van der Waals surface area contributed by atoms with Crippen LogP contribution >= 0.6 is 11.6 Å². The molecule has 0 N–H and O–H groups in total. The highest BCUT2D eigenvalue weighted by molar-refractivity contribution is 6.18. The van der Waals surface area contributed by atoms with Crippen LogP contribution in [0.3, 0.4) is 0 Å². The van der Waals surface area contributed by atoms with Gasteiger partial charge in [0.1, 0.15) is 0 Å². The van der Waals surface area contributed by atoms with Crippen molar-refractivity contribution in [2.24, 2.45) is 5.92 Å². The van der Waals surface area contributed by atoms with Gasteiger partial charge in [-0.15, -0.1) is 11.6 Å². The highest BCUT2D eigenvalue weighted by Gasteiger charge is 2.28. The van der Waals surface area contributed by atoms with Crippen molar-refractivity contribution in [1.82, 2.24) is 4.90 Å². The molecule has 1 atom stereocenters. The highest BCUT2D eigenvalue weighted by Crippen LogP contribution is 2.20. The summed E-state index contributed by atoms with van der Waals surface area (Å²) in [6.45, 7) is 6.96. The van der Waals surface area contributed by atoms with Gasteiger partial charge in [-0.1, -0.05) is 6.92 Å². The summed E-state index contributed by atoms with van der Waals surface area (Å²) in [5.41, 5.74) is 0. The molecule has 0 aliphatic carbocycles. The van der Waals surface area contributed by atoms with Gasteiger partial charge in [-0.25, -0.2) is 0 Å². The molecule has 1 nitrogen and oxygen atoms in total. The minimum Gasteiger partial charge on any atom is -0.300 e. The minimum atomic E-state index is 0.763. The van der Waals surface area contributed by atoms with Gasteiger partial charge < -0.3 is 0 Å². The molecular weight excluding hydrogens is 146 g/mol. The lowest BCUT2D eigenvalue weighted by Gasteiger charge is -2.42. The summed E-state index contributed by atoms with van der Waals surface area (Å²) in [4.78, 5) is 2.49. The van der Waals surface area contributed by atoms with Crippen molar-refractivity contribution in [1.29, 1.82) is 0 Å². The zero-order valence-electron chi connectivity index (χ0n) is 6.81. The summed E-state index contributed by atoms with van der Waals surface area (Å²) in [5, 5.41) is 0. The first-order valence-electron chi connectivity index (χ1n) is 4.08. The highest BCUT2D eigenvalue weighted by atomic mass is 35.5. The van der Waals surface area contributed by atoms with E-state index in [0.29, 0.717) is 0 Å². The Labute approximate surface area is 68.4 Å². The monoisotopic (exact) mass is 161 g/mol.